The SMILES string of the molecule is CCC(C)(CN)c1nc2cc(F)ccc2n1C(C)C. The number of hydrogen-bond donors (Lipinski definition) is 1. The van der Waals surface area contributed by atoms with Crippen LogP contribution in [0.4, 0.5) is 4.39 Å². The summed E-state index contributed by atoms with van der Waals surface area (Å²) in [5.74, 6) is 0.700. The summed E-state index contributed by atoms with van der Waals surface area (Å²) in [6, 6.07) is 5.04. The molecule has 3 nitrogen and oxygen atoms in total. The summed E-state index contributed by atoms with van der Waals surface area (Å²) in [5, 5.41) is 0. The van der Waals surface area contributed by atoms with Gasteiger partial charge in [-0.25, -0.2) is 9.37 Å². The third-order valence-corrected chi connectivity index (χ3v) is 3.94. The van der Waals surface area contributed by atoms with Gasteiger partial charge in [0.05, 0.1) is 11.0 Å². The van der Waals surface area contributed by atoms with Crippen LogP contribution in [0.25, 0.3) is 11.0 Å². The average Bonchev–Trinajstić information content (AvgIpc) is 2.76. The second-order valence-electron chi connectivity index (χ2n) is 5.65. The van der Waals surface area contributed by atoms with Crippen molar-refractivity contribution >= 4 is 11.0 Å². The third kappa shape index (κ3) is 2.25. The van der Waals surface area contributed by atoms with Gasteiger partial charge in [0.25, 0.3) is 0 Å². The first-order chi connectivity index (χ1) is 8.92. The molecule has 0 saturated carbocycles. The molecule has 0 radical (unpaired) electrons. The minimum atomic E-state index is -0.251. The second kappa shape index (κ2) is 4.93. The number of imidazole rings is 1. The fourth-order valence-electron chi connectivity index (χ4n) is 2.41. The van der Waals surface area contributed by atoms with E-state index in [1.54, 1.807) is 6.07 Å². The zero-order valence-corrected chi connectivity index (χ0v) is 12.1. The normalized spacial score (nSPS) is 15.1. The molecule has 0 fully saturated rings. The van der Waals surface area contributed by atoms with E-state index < -0.39 is 0 Å². The van der Waals surface area contributed by atoms with Crippen LogP contribution in [0.3, 0.4) is 0 Å². The lowest BCUT2D eigenvalue weighted by molar-refractivity contribution is 0.405. The Morgan fingerprint density at radius 1 is 1.42 bits per heavy atom. The van der Waals surface area contributed by atoms with Crippen molar-refractivity contribution in [3.05, 3.63) is 29.8 Å². The highest BCUT2D eigenvalue weighted by Crippen LogP contribution is 2.31. The lowest BCUT2D eigenvalue weighted by Gasteiger charge is -2.28. The van der Waals surface area contributed by atoms with Gasteiger partial charge in [0.15, 0.2) is 0 Å². The molecule has 1 atom stereocenters. The van der Waals surface area contributed by atoms with Crippen LogP contribution in [0.1, 0.15) is 46.0 Å². The van der Waals surface area contributed by atoms with Gasteiger partial charge in [0, 0.05) is 24.1 Å². The Hall–Kier alpha value is -1.42. The highest BCUT2D eigenvalue weighted by Gasteiger charge is 2.30. The molecule has 0 saturated heterocycles. The summed E-state index contributed by atoms with van der Waals surface area (Å²) in [6.45, 7) is 8.98. The lowest BCUT2D eigenvalue weighted by atomic mass is 9.86. The van der Waals surface area contributed by atoms with Crippen LogP contribution in [-0.2, 0) is 5.41 Å². The van der Waals surface area contributed by atoms with Gasteiger partial charge >= 0.3 is 0 Å². The summed E-state index contributed by atoms with van der Waals surface area (Å²) in [7, 11) is 0. The van der Waals surface area contributed by atoms with Crippen LogP contribution >= 0.6 is 0 Å². The Kier molecular flexibility index (Phi) is 3.63. The Morgan fingerprint density at radius 3 is 2.63 bits per heavy atom. The molecule has 1 aromatic carbocycles. The number of fused-ring (bicyclic) bond motifs is 1. The molecule has 0 amide bonds. The van der Waals surface area contributed by atoms with E-state index in [-0.39, 0.29) is 17.3 Å². The van der Waals surface area contributed by atoms with Crippen molar-refractivity contribution in [1.82, 2.24) is 9.55 Å². The van der Waals surface area contributed by atoms with Gasteiger partial charge in [0.2, 0.25) is 0 Å². The summed E-state index contributed by atoms with van der Waals surface area (Å²) in [5.41, 5.74) is 7.44. The molecule has 2 aromatic rings. The van der Waals surface area contributed by atoms with Crippen molar-refractivity contribution in [3.8, 4) is 0 Å². The molecule has 1 heterocycles. The molecule has 2 rings (SSSR count). The van der Waals surface area contributed by atoms with E-state index >= 15 is 0 Å². The Morgan fingerprint density at radius 2 is 2.11 bits per heavy atom. The zero-order valence-electron chi connectivity index (χ0n) is 12.1. The molecule has 0 aliphatic rings. The van der Waals surface area contributed by atoms with Crippen LogP contribution in [-0.4, -0.2) is 16.1 Å². The van der Waals surface area contributed by atoms with Crippen LogP contribution in [0.15, 0.2) is 18.2 Å². The summed E-state index contributed by atoms with van der Waals surface area (Å²) in [4.78, 5) is 4.65. The highest BCUT2D eigenvalue weighted by molar-refractivity contribution is 5.76. The van der Waals surface area contributed by atoms with E-state index in [2.05, 4.69) is 37.2 Å². The van der Waals surface area contributed by atoms with Crippen molar-refractivity contribution in [3.63, 3.8) is 0 Å². The summed E-state index contributed by atoms with van der Waals surface area (Å²) < 4.78 is 15.5. The number of nitrogens with zero attached hydrogens (tertiary/aromatic N) is 2. The molecule has 1 unspecified atom stereocenters. The topological polar surface area (TPSA) is 43.8 Å². The number of nitrogens with two attached hydrogens (primary N) is 1. The number of aromatic nitrogens is 2. The number of hydrogen-bond acceptors (Lipinski definition) is 2. The van der Waals surface area contributed by atoms with E-state index in [0.29, 0.717) is 12.1 Å². The van der Waals surface area contributed by atoms with E-state index in [0.717, 1.165) is 17.8 Å². The maximum Gasteiger partial charge on any atom is 0.125 e. The fourth-order valence-corrected chi connectivity index (χ4v) is 2.41. The van der Waals surface area contributed by atoms with Crippen LogP contribution < -0.4 is 5.73 Å². The average molecular weight is 263 g/mol. The molecule has 4 heteroatoms. The van der Waals surface area contributed by atoms with E-state index in [1.807, 2.05) is 0 Å². The highest BCUT2D eigenvalue weighted by atomic mass is 19.1. The quantitative estimate of drug-likeness (QED) is 0.919. The van der Waals surface area contributed by atoms with Crippen molar-refractivity contribution in [2.24, 2.45) is 5.73 Å². The van der Waals surface area contributed by atoms with Gasteiger partial charge in [-0.1, -0.05) is 13.8 Å². The van der Waals surface area contributed by atoms with Gasteiger partial charge < -0.3 is 10.3 Å². The van der Waals surface area contributed by atoms with Crippen molar-refractivity contribution in [1.29, 1.82) is 0 Å². The molecule has 104 valence electrons. The van der Waals surface area contributed by atoms with Crippen LogP contribution in [0.2, 0.25) is 0 Å². The van der Waals surface area contributed by atoms with Crippen LogP contribution in [0, 0.1) is 5.82 Å². The minimum absolute atomic E-state index is 0.181. The molecule has 1 aromatic heterocycles. The first kappa shape index (κ1) is 14.0. The van der Waals surface area contributed by atoms with Gasteiger partial charge in [-0.15, -0.1) is 0 Å². The number of benzene rings is 1. The van der Waals surface area contributed by atoms with Gasteiger partial charge in [0.1, 0.15) is 11.6 Å². The second-order valence-corrected chi connectivity index (χ2v) is 5.65. The Bertz CT molecular complexity index is 582. The lowest BCUT2D eigenvalue weighted by Crippen LogP contribution is -2.34. The van der Waals surface area contributed by atoms with E-state index in [1.165, 1.54) is 12.1 Å². The summed E-state index contributed by atoms with van der Waals surface area (Å²) in [6.07, 6.45) is 0.905. The number of halogens is 1. The zero-order chi connectivity index (χ0) is 14.2. The first-order valence-electron chi connectivity index (χ1n) is 6.81. The monoisotopic (exact) mass is 263 g/mol. The molecule has 0 aliphatic heterocycles. The molecule has 0 bridgehead atoms. The summed E-state index contributed by atoms with van der Waals surface area (Å²) >= 11 is 0. The maximum absolute atomic E-state index is 13.4. The molecule has 2 N–H and O–H groups in total. The number of rotatable bonds is 4. The molecule has 19 heavy (non-hydrogen) atoms. The Balaban J connectivity index is 2.76. The van der Waals surface area contributed by atoms with Crippen LogP contribution in [0.5, 0.6) is 0 Å². The minimum Gasteiger partial charge on any atom is -0.329 e. The maximum atomic E-state index is 13.4. The van der Waals surface area contributed by atoms with Crippen molar-refractivity contribution in [2.45, 2.75) is 45.6 Å². The largest absolute Gasteiger partial charge is 0.329 e. The predicted molar refractivity (Wildman–Crippen MR) is 76.8 cm³/mol. The fraction of sp³-hybridized carbons (Fsp3) is 0.533. The van der Waals surface area contributed by atoms with Gasteiger partial charge in [-0.3, -0.25) is 0 Å². The van der Waals surface area contributed by atoms with E-state index in [9.17, 15) is 4.39 Å². The van der Waals surface area contributed by atoms with Gasteiger partial charge in [-0.2, -0.15) is 0 Å². The molecule has 0 aliphatic carbocycles. The van der Waals surface area contributed by atoms with E-state index in [4.69, 9.17) is 5.73 Å². The standard InChI is InChI=1S/C15H22FN3/c1-5-15(4,9-17)14-18-12-8-11(16)6-7-13(12)19(14)10(2)3/h6-8,10H,5,9,17H2,1-4H3. The molecule has 0 spiro atoms. The van der Waals surface area contributed by atoms with Crippen molar-refractivity contribution < 1.29 is 4.39 Å². The van der Waals surface area contributed by atoms with Gasteiger partial charge in [-0.05, 0) is 32.4 Å². The molecular weight excluding hydrogens is 241 g/mol. The third-order valence-electron chi connectivity index (χ3n) is 3.94. The smallest absolute Gasteiger partial charge is 0.125 e. The predicted octanol–water partition coefficient (Wildman–Crippen LogP) is 3.38. The van der Waals surface area contributed by atoms with Crippen molar-refractivity contribution in [2.75, 3.05) is 6.54 Å². The molecular formula is C15H22FN3. The first-order valence-corrected chi connectivity index (χ1v) is 6.81. The Labute approximate surface area is 113 Å².